The largest absolute Gasteiger partial charge is 0.348 e. The summed E-state index contributed by atoms with van der Waals surface area (Å²) in [4.78, 5) is 19.7. The Kier molecular flexibility index (Phi) is 4.16. The SMILES string of the molecule is CCc1nn(C)c(N2CCN(c3nc(C)ns3)CC2)c1[N+](=O)[O-]. The molecule has 0 aromatic carbocycles. The molecule has 0 bridgehead atoms. The molecule has 1 fully saturated rings. The number of anilines is 2. The summed E-state index contributed by atoms with van der Waals surface area (Å²) in [5.41, 5.74) is 0.671. The van der Waals surface area contributed by atoms with Gasteiger partial charge in [-0.05, 0) is 13.3 Å². The van der Waals surface area contributed by atoms with Crippen LogP contribution in [-0.4, -0.2) is 50.2 Å². The first-order valence-electron chi connectivity index (χ1n) is 7.51. The standard InChI is InChI=1S/C13H19N7O2S/c1-4-10-11(20(21)22)12(17(3)15-10)18-5-7-19(8-6-18)13-14-9(2)16-23-13/h4-8H2,1-3H3. The van der Waals surface area contributed by atoms with Crippen LogP contribution in [0.4, 0.5) is 16.6 Å². The van der Waals surface area contributed by atoms with E-state index in [1.165, 1.54) is 11.5 Å². The van der Waals surface area contributed by atoms with Crippen molar-refractivity contribution in [3.8, 4) is 0 Å². The Labute approximate surface area is 137 Å². The second-order valence-electron chi connectivity index (χ2n) is 5.45. The lowest BCUT2D eigenvalue weighted by Crippen LogP contribution is -2.47. The van der Waals surface area contributed by atoms with Crippen LogP contribution in [0.3, 0.4) is 0 Å². The summed E-state index contributed by atoms with van der Waals surface area (Å²) in [6.45, 7) is 6.68. The summed E-state index contributed by atoms with van der Waals surface area (Å²) in [5, 5.41) is 16.7. The van der Waals surface area contributed by atoms with Crippen LogP contribution in [0.2, 0.25) is 0 Å². The maximum atomic E-state index is 11.4. The van der Waals surface area contributed by atoms with Crippen molar-refractivity contribution in [2.75, 3.05) is 36.0 Å². The van der Waals surface area contributed by atoms with Crippen molar-refractivity contribution in [3.05, 3.63) is 21.6 Å². The fourth-order valence-electron chi connectivity index (χ4n) is 2.86. The third-order valence-electron chi connectivity index (χ3n) is 3.95. The zero-order chi connectivity index (χ0) is 16.6. The highest BCUT2D eigenvalue weighted by Crippen LogP contribution is 2.32. The number of nitrogens with zero attached hydrogens (tertiary/aromatic N) is 7. The molecule has 0 N–H and O–H groups in total. The van der Waals surface area contributed by atoms with Crippen molar-refractivity contribution in [1.82, 2.24) is 19.1 Å². The highest BCUT2D eigenvalue weighted by atomic mass is 32.1. The van der Waals surface area contributed by atoms with Crippen LogP contribution in [0.15, 0.2) is 0 Å². The zero-order valence-electron chi connectivity index (χ0n) is 13.4. The molecule has 2 aromatic rings. The zero-order valence-corrected chi connectivity index (χ0v) is 14.2. The van der Waals surface area contributed by atoms with E-state index in [2.05, 4.69) is 19.4 Å². The van der Waals surface area contributed by atoms with Crippen molar-refractivity contribution < 1.29 is 4.92 Å². The topological polar surface area (TPSA) is 93.2 Å². The average Bonchev–Trinajstić information content (AvgIpc) is 3.10. The fraction of sp³-hybridized carbons (Fsp3) is 0.615. The number of hydrogen-bond donors (Lipinski definition) is 0. The number of aryl methyl sites for hydroxylation is 3. The predicted molar refractivity (Wildman–Crippen MR) is 88.3 cm³/mol. The second-order valence-corrected chi connectivity index (χ2v) is 6.18. The van der Waals surface area contributed by atoms with Gasteiger partial charge in [-0.2, -0.15) is 9.47 Å². The van der Waals surface area contributed by atoms with Crippen LogP contribution in [0.5, 0.6) is 0 Å². The molecule has 1 saturated heterocycles. The minimum atomic E-state index is -0.318. The van der Waals surface area contributed by atoms with E-state index in [0.717, 1.165) is 24.0 Å². The maximum absolute atomic E-state index is 11.4. The summed E-state index contributed by atoms with van der Waals surface area (Å²) >= 11 is 1.39. The van der Waals surface area contributed by atoms with Crippen LogP contribution in [0.1, 0.15) is 18.4 Å². The molecular formula is C13H19N7O2S. The number of aromatic nitrogens is 4. The molecule has 23 heavy (non-hydrogen) atoms. The lowest BCUT2D eigenvalue weighted by molar-refractivity contribution is -0.384. The Hall–Kier alpha value is -2.23. The normalized spacial score (nSPS) is 15.3. The van der Waals surface area contributed by atoms with E-state index < -0.39 is 0 Å². The molecule has 0 unspecified atom stereocenters. The van der Waals surface area contributed by atoms with Gasteiger partial charge in [0.2, 0.25) is 10.9 Å². The number of nitro groups is 1. The van der Waals surface area contributed by atoms with Crippen molar-refractivity contribution in [2.24, 2.45) is 7.05 Å². The van der Waals surface area contributed by atoms with Gasteiger partial charge in [0.05, 0.1) is 4.92 Å². The van der Waals surface area contributed by atoms with Crippen LogP contribution in [0.25, 0.3) is 0 Å². The predicted octanol–water partition coefficient (Wildman–Crippen LogP) is 1.38. The van der Waals surface area contributed by atoms with Crippen molar-refractivity contribution in [1.29, 1.82) is 0 Å². The summed E-state index contributed by atoms with van der Waals surface area (Å²) in [6.07, 6.45) is 0.550. The lowest BCUT2D eigenvalue weighted by atomic mass is 10.2. The molecule has 3 heterocycles. The van der Waals surface area contributed by atoms with E-state index in [-0.39, 0.29) is 10.6 Å². The van der Waals surface area contributed by atoms with Crippen LogP contribution < -0.4 is 9.80 Å². The van der Waals surface area contributed by atoms with Crippen LogP contribution >= 0.6 is 11.5 Å². The Morgan fingerprint density at radius 1 is 1.26 bits per heavy atom. The summed E-state index contributed by atoms with van der Waals surface area (Å²) in [5.74, 6) is 1.38. The highest BCUT2D eigenvalue weighted by Gasteiger charge is 2.31. The molecule has 0 saturated carbocycles. The third kappa shape index (κ3) is 2.85. The maximum Gasteiger partial charge on any atom is 0.334 e. The molecule has 124 valence electrons. The van der Waals surface area contributed by atoms with Gasteiger partial charge < -0.3 is 9.80 Å². The minimum Gasteiger partial charge on any atom is -0.348 e. The van der Waals surface area contributed by atoms with Gasteiger partial charge in [0.25, 0.3) is 0 Å². The Bertz CT molecular complexity index is 718. The molecule has 10 heteroatoms. The van der Waals surface area contributed by atoms with E-state index in [1.807, 2.05) is 18.7 Å². The Morgan fingerprint density at radius 2 is 1.91 bits per heavy atom. The van der Waals surface area contributed by atoms with Gasteiger partial charge in [0.1, 0.15) is 11.5 Å². The number of rotatable bonds is 4. The first-order valence-corrected chi connectivity index (χ1v) is 8.29. The van der Waals surface area contributed by atoms with Gasteiger partial charge in [-0.15, -0.1) is 0 Å². The van der Waals surface area contributed by atoms with Crippen molar-refractivity contribution in [3.63, 3.8) is 0 Å². The lowest BCUT2D eigenvalue weighted by Gasteiger charge is -2.34. The molecule has 3 rings (SSSR count). The minimum absolute atomic E-state index is 0.134. The van der Waals surface area contributed by atoms with Gasteiger partial charge in [-0.1, -0.05) is 6.92 Å². The Morgan fingerprint density at radius 3 is 2.43 bits per heavy atom. The molecular weight excluding hydrogens is 318 g/mol. The first kappa shape index (κ1) is 15.7. The molecule has 2 aromatic heterocycles. The fourth-order valence-corrected chi connectivity index (χ4v) is 3.59. The molecule has 0 radical (unpaired) electrons. The van der Waals surface area contributed by atoms with E-state index in [0.29, 0.717) is 31.0 Å². The number of hydrogen-bond acceptors (Lipinski definition) is 8. The average molecular weight is 337 g/mol. The quantitative estimate of drug-likeness (QED) is 0.614. The van der Waals surface area contributed by atoms with Gasteiger partial charge in [-0.3, -0.25) is 10.1 Å². The molecule has 1 aliphatic heterocycles. The van der Waals surface area contributed by atoms with Gasteiger partial charge in [0.15, 0.2) is 0 Å². The second kappa shape index (κ2) is 6.11. The molecule has 0 spiro atoms. The van der Waals surface area contributed by atoms with Gasteiger partial charge >= 0.3 is 5.69 Å². The third-order valence-corrected chi connectivity index (χ3v) is 4.81. The van der Waals surface area contributed by atoms with Crippen molar-refractivity contribution in [2.45, 2.75) is 20.3 Å². The highest BCUT2D eigenvalue weighted by molar-refractivity contribution is 7.09. The summed E-state index contributed by atoms with van der Waals surface area (Å²) < 4.78 is 5.83. The molecule has 9 nitrogen and oxygen atoms in total. The monoisotopic (exact) mass is 337 g/mol. The van der Waals surface area contributed by atoms with E-state index in [4.69, 9.17) is 0 Å². The van der Waals surface area contributed by atoms with Crippen LogP contribution in [0, 0.1) is 17.0 Å². The van der Waals surface area contributed by atoms with Gasteiger partial charge in [0, 0.05) is 44.8 Å². The summed E-state index contributed by atoms with van der Waals surface area (Å²) in [6, 6.07) is 0. The molecule has 0 aliphatic carbocycles. The smallest absolute Gasteiger partial charge is 0.334 e. The molecule has 1 aliphatic rings. The van der Waals surface area contributed by atoms with E-state index in [1.54, 1.807) is 11.7 Å². The van der Waals surface area contributed by atoms with Crippen molar-refractivity contribution >= 4 is 28.2 Å². The Balaban J connectivity index is 1.80. The number of piperazine rings is 1. The van der Waals surface area contributed by atoms with Crippen LogP contribution in [-0.2, 0) is 13.5 Å². The summed E-state index contributed by atoms with van der Waals surface area (Å²) in [7, 11) is 1.77. The molecule has 0 amide bonds. The molecule has 0 atom stereocenters. The van der Waals surface area contributed by atoms with Gasteiger partial charge in [-0.25, -0.2) is 9.67 Å². The van der Waals surface area contributed by atoms with E-state index in [9.17, 15) is 10.1 Å². The first-order chi connectivity index (χ1) is 11.0. The van der Waals surface area contributed by atoms with E-state index >= 15 is 0 Å².